The lowest BCUT2D eigenvalue weighted by molar-refractivity contribution is 0.0657. The first-order valence-corrected chi connectivity index (χ1v) is 11.0. The molecule has 1 saturated heterocycles. The first kappa shape index (κ1) is 21.6. The minimum absolute atomic E-state index is 0.0473. The van der Waals surface area contributed by atoms with E-state index in [4.69, 9.17) is 4.74 Å². The lowest BCUT2D eigenvalue weighted by Crippen LogP contribution is -2.35. The molecule has 1 N–H and O–H groups in total. The molecule has 0 radical (unpaired) electrons. The highest BCUT2D eigenvalue weighted by Crippen LogP contribution is 2.21. The molecule has 1 fully saturated rings. The van der Waals surface area contributed by atoms with Crippen molar-refractivity contribution in [3.05, 3.63) is 51.1 Å². The van der Waals surface area contributed by atoms with Gasteiger partial charge in [-0.1, -0.05) is 12.1 Å². The first-order valence-electron chi connectivity index (χ1n) is 11.0. The van der Waals surface area contributed by atoms with Crippen LogP contribution >= 0.6 is 0 Å². The van der Waals surface area contributed by atoms with E-state index in [1.54, 1.807) is 0 Å². The van der Waals surface area contributed by atoms with E-state index in [-0.39, 0.29) is 17.2 Å². The van der Waals surface area contributed by atoms with E-state index in [1.807, 2.05) is 17.7 Å². The Hall–Kier alpha value is -2.58. The SMILES string of the molecule is Cc1ccc2cc(CN(Cc3nnnn3C(C)(C)C)C[C@H]3CCCO3)c(=O)[nH]c2c1C. The Morgan fingerprint density at radius 3 is 2.77 bits per heavy atom. The summed E-state index contributed by atoms with van der Waals surface area (Å²) in [6, 6.07) is 6.18. The van der Waals surface area contributed by atoms with E-state index in [0.717, 1.165) is 53.8 Å². The summed E-state index contributed by atoms with van der Waals surface area (Å²) in [4.78, 5) is 18.3. The number of benzene rings is 1. The summed E-state index contributed by atoms with van der Waals surface area (Å²) in [6.45, 7) is 12.9. The second kappa shape index (κ2) is 8.51. The van der Waals surface area contributed by atoms with Gasteiger partial charge in [-0.05, 0) is 80.5 Å². The van der Waals surface area contributed by atoms with Crippen LogP contribution in [-0.4, -0.2) is 49.3 Å². The fraction of sp³-hybridized carbons (Fsp3) is 0.565. The number of nitrogens with one attached hydrogen (secondary N) is 1. The van der Waals surface area contributed by atoms with Crippen LogP contribution in [0.25, 0.3) is 10.9 Å². The van der Waals surface area contributed by atoms with E-state index in [2.05, 4.69) is 65.2 Å². The molecule has 0 aliphatic carbocycles. The van der Waals surface area contributed by atoms with Crippen LogP contribution in [-0.2, 0) is 23.4 Å². The summed E-state index contributed by atoms with van der Waals surface area (Å²) >= 11 is 0. The number of hydrogen-bond donors (Lipinski definition) is 1. The summed E-state index contributed by atoms with van der Waals surface area (Å²) in [5.74, 6) is 0.786. The van der Waals surface area contributed by atoms with E-state index in [0.29, 0.717) is 13.1 Å². The monoisotopic (exact) mass is 424 g/mol. The highest BCUT2D eigenvalue weighted by atomic mass is 16.5. The van der Waals surface area contributed by atoms with Crippen molar-refractivity contribution in [2.24, 2.45) is 0 Å². The molecule has 1 atom stereocenters. The lowest BCUT2D eigenvalue weighted by Gasteiger charge is -2.26. The van der Waals surface area contributed by atoms with Gasteiger partial charge in [-0.2, -0.15) is 0 Å². The maximum Gasteiger partial charge on any atom is 0.252 e. The molecule has 3 aromatic rings. The largest absolute Gasteiger partial charge is 0.377 e. The number of aromatic nitrogens is 5. The van der Waals surface area contributed by atoms with Crippen LogP contribution in [0.3, 0.4) is 0 Å². The Morgan fingerprint density at radius 2 is 2.06 bits per heavy atom. The molecular formula is C23H32N6O2. The third-order valence-corrected chi connectivity index (χ3v) is 6.04. The van der Waals surface area contributed by atoms with Gasteiger partial charge in [0.25, 0.3) is 5.56 Å². The summed E-state index contributed by atoms with van der Waals surface area (Å²) in [7, 11) is 0. The van der Waals surface area contributed by atoms with Crippen molar-refractivity contribution in [2.75, 3.05) is 13.2 Å². The minimum Gasteiger partial charge on any atom is -0.377 e. The highest BCUT2D eigenvalue weighted by molar-refractivity contribution is 5.83. The van der Waals surface area contributed by atoms with Crippen molar-refractivity contribution in [3.63, 3.8) is 0 Å². The molecule has 1 aromatic carbocycles. The average molecular weight is 425 g/mol. The van der Waals surface area contributed by atoms with Gasteiger partial charge in [-0.3, -0.25) is 9.69 Å². The number of hydrogen-bond acceptors (Lipinski definition) is 6. The molecular weight excluding hydrogens is 392 g/mol. The molecule has 166 valence electrons. The number of aryl methyl sites for hydroxylation is 2. The van der Waals surface area contributed by atoms with E-state index in [1.165, 1.54) is 5.56 Å². The lowest BCUT2D eigenvalue weighted by atomic mass is 10.0. The number of nitrogens with zero attached hydrogens (tertiary/aromatic N) is 5. The zero-order valence-electron chi connectivity index (χ0n) is 19.1. The number of rotatable bonds is 6. The Kier molecular flexibility index (Phi) is 5.94. The summed E-state index contributed by atoms with van der Waals surface area (Å²) in [6.07, 6.45) is 2.28. The maximum atomic E-state index is 12.9. The van der Waals surface area contributed by atoms with Gasteiger partial charge < -0.3 is 9.72 Å². The van der Waals surface area contributed by atoms with Crippen LogP contribution in [0.1, 0.15) is 56.1 Å². The van der Waals surface area contributed by atoms with Crippen molar-refractivity contribution >= 4 is 10.9 Å². The Bertz CT molecular complexity index is 1120. The number of pyridine rings is 1. The minimum atomic E-state index is -0.218. The molecule has 4 rings (SSSR count). The predicted molar refractivity (Wildman–Crippen MR) is 120 cm³/mol. The highest BCUT2D eigenvalue weighted by Gasteiger charge is 2.25. The smallest absolute Gasteiger partial charge is 0.252 e. The van der Waals surface area contributed by atoms with Crippen molar-refractivity contribution in [3.8, 4) is 0 Å². The van der Waals surface area contributed by atoms with E-state index < -0.39 is 0 Å². The molecule has 0 bridgehead atoms. The van der Waals surface area contributed by atoms with Crippen molar-refractivity contribution in [2.45, 2.75) is 72.2 Å². The third kappa shape index (κ3) is 4.70. The van der Waals surface area contributed by atoms with Crippen LogP contribution in [0.5, 0.6) is 0 Å². The van der Waals surface area contributed by atoms with Gasteiger partial charge in [-0.25, -0.2) is 4.68 Å². The average Bonchev–Trinajstić information content (AvgIpc) is 3.38. The molecule has 0 saturated carbocycles. The van der Waals surface area contributed by atoms with Crippen LogP contribution in [0.4, 0.5) is 0 Å². The number of aromatic amines is 1. The van der Waals surface area contributed by atoms with Gasteiger partial charge in [0, 0.05) is 25.3 Å². The summed E-state index contributed by atoms with van der Waals surface area (Å²) in [5, 5.41) is 13.4. The molecule has 0 unspecified atom stereocenters. The van der Waals surface area contributed by atoms with Crippen LogP contribution < -0.4 is 5.56 Å². The molecule has 1 aliphatic rings. The van der Waals surface area contributed by atoms with Crippen LogP contribution in [0, 0.1) is 13.8 Å². The molecule has 31 heavy (non-hydrogen) atoms. The van der Waals surface area contributed by atoms with Gasteiger partial charge >= 0.3 is 0 Å². The standard InChI is InChI=1S/C23H32N6O2/c1-15-8-9-17-11-18(22(30)24-21(17)16(15)2)12-28(13-19-7-6-10-31-19)14-20-25-26-27-29(20)23(3,4)5/h8-9,11,19H,6-7,10,12-14H2,1-5H3,(H,24,30)/t19-/m1/s1. The normalized spacial score (nSPS) is 17.2. The topological polar surface area (TPSA) is 88.9 Å². The molecule has 2 aromatic heterocycles. The van der Waals surface area contributed by atoms with Crippen molar-refractivity contribution in [1.29, 1.82) is 0 Å². The van der Waals surface area contributed by atoms with Gasteiger partial charge in [0.05, 0.1) is 23.7 Å². The summed E-state index contributed by atoms with van der Waals surface area (Å²) in [5.41, 5.74) is 3.67. The van der Waals surface area contributed by atoms with Crippen LogP contribution in [0.15, 0.2) is 23.0 Å². The van der Waals surface area contributed by atoms with Gasteiger partial charge in [0.15, 0.2) is 5.82 Å². The number of tetrazole rings is 1. The third-order valence-electron chi connectivity index (χ3n) is 6.04. The zero-order valence-corrected chi connectivity index (χ0v) is 19.1. The molecule has 3 heterocycles. The molecule has 8 heteroatoms. The first-order chi connectivity index (χ1) is 14.7. The molecule has 1 aliphatic heterocycles. The van der Waals surface area contributed by atoms with Crippen LogP contribution in [0.2, 0.25) is 0 Å². The zero-order chi connectivity index (χ0) is 22.2. The van der Waals surface area contributed by atoms with Gasteiger partial charge in [0.1, 0.15) is 0 Å². The van der Waals surface area contributed by atoms with E-state index >= 15 is 0 Å². The quantitative estimate of drug-likeness (QED) is 0.654. The Labute approximate surface area is 182 Å². The van der Waals surface area contributed by atoms with E-state index in [9.17, 15) is 4.79 Å². The fourth-order valence-electron chi connectivity index (χ4n) is 4.22. The molecule has 0 spiro atoms. The van der Waals surface area contributed by atoms with Gasteiger partial charge in [-0.15, -0.1) is 5.10 Å². The second-order valence-electron chi connectivity index (χ2n) is 9.58. The van der Waals surface area contributed by atoms with Gasteiger partial charge in [0.2, 0.25) is 0 Å². The predicted octanol–water partition coefficient (Wildman–Crippen LogP) is 3.07. The Morgan fingerprint density at radius 1 is 1.26 bits per heavy atom. The van der Waals surface area contributed by atoms with Crippen molar-refractivity contribution in [1.82, 2.24) is 30.1 Å². The number of ether oxygens (including phenoxy) is 1. The maximum absolute atomic E-state index is 12.9. The summed E-state index contributed by atoms with van der Waals surface area (Å²) < 4.78 is 7.73. The number of fused-ring (bicyclic) bond motifs is 1. The second-order valence-corrected chi connectivity index (χ2v) is 9.58. The van der Waals surface area contributed by atoms with Crippen molar-refractivity contribution < 1.29 is 4.74 Å². The Balaban J connectivity index is 1.65. The molecule has 8 nitrogen and oxygen atoms in total. The fourth-order valence-corrected chi connectivity index (χ4v) is 4.22. The molecule has 0 amide bonds. The number of H-pyrrole nitrogens is 1.